The van der Waals surface area contributed by atoms with Crippen LogP contribution in [0.15, 0.2) is 35.7 Å². The fourth-order valence-electron chi connectivity index (χ4n) is 3.85. The van der Waals surface area contributed by atoms with E-state index < -0.39 is 0 Å². The molecule has 4 nitrogen and oxygen atoms in total. The van der Waals surface area contributed by atoms with Crippen LogP contribution in [0.4, 0.5) is 4.39 Å². The van der Waals surface area contributed by atoms with Gasteiger partial charge in [-0.3, -0.25) is 9.59 Å². The van der Waals surface area contributed by atoms with Crippen molar-refractivity contribution in [2.45, 2.75) is 52.6 Å². The molecule has 1 aromatic carbocycles. The Bertz CT molecular complexity index is 860. The fraction of sp³-hybridized carbons (Fsp3) is 0.478. The first-order valence-corrected chi connectivity index (χ1v) is 11.1. The third-order valence-electron chi connectivity index (χ3n) is 5.30. The van der Waals surface area contributed by atoms with Crippen LogP contribution in [0.2, 0.25) is 0 Å². The van der Waals surface area contributed by atoms with Gasteiger partial charge in [0.2, 0.25) is 11.8 Å². The summed E-state index contributed by atoms with van der Waals surface area (Å²) in [5.41, 5.74) is 1.99. The van der Waals surface area contributed by atoms with E-state index in [2.05, 4.69) is 6.07 Å². The zero-order valence-electron chi connectivity index (χ0n) is 17.5. The van der Waals surface area contributed by atoms with Crippen molar-refractivity contribution in [3.05, 3.63) is 57.5 Å². The number of hydrogen-bond acceptors (Lipinski definition) is 3. The lowest BCUT2D eigenvalue weighted by Gasteiger charge is -2.38. The Hall–Kier alpha value is -2.21. The second-order valence-corrected chi connectivity index (χ2v) is 9.30. The predicted octanol–water partition coefficient (Wildman–Crippen LogP) is 4.64. The van der Waals surface area contributed by atoms with Crippen molar-refractivity contribution in [1.29, 1.82) is 0 Å². The minimum absolute atomic E-state index is 0.00918. The number of benzene rings is 1. The third kappa shape index (κ3) is 4.86. The molecular weight excluding hydrogens is 387 g/mol. The van der Waals surface area contributed by atoms with Gasteiger partial charge in [-0.15, -0.1) is 11.3 Å². The van der Waals surface area contributed by atoms with E-state index >= 15 is 0 Å². The highest BCUT2D eigenvalue weighted by Crippen LogP contribution is 2.38. The zero-order valence-corrected chi connectivity index (χ0v) is 18.3. The van der Waals surface area contributed by atoms with Crippen LogP contribution in [0.25, 0.3) is 0 Å². The normalized spacial score (nSPS) is 16.2. The Balaban J connectivity index is 1.87. The molecule has 0 saturated heterocycles. The van der Waals surface area contributed by atoms with Crippen molar-refractivity contribution in [1.82, 2.24) is 9.80 Å². The molecule has 156 valence electrons. The highest BCUT2D eigenvalue weighted by atomic mass is 32.1. The second-order valence-electron chi connectivity index (χ2n) is 8.30. The molecular formula is C23H29FN2O2S. The number of fused-ring (bicyclic) bond motifs is 1. The van der Waals surface area contributed by atoms with Crippen molar-refractivity contribution in [3.8, 4) is 0 Å². The zero-order chi connectivity index (χ0) is 21.1. The van der Waals surface area contributed by atoms with E-state index in [0.29, 0.717) is 13.0 Å². The fourth-order valence-corrected chi connectivity index (χ4v) is 4.76. The maximum atomic E-state index is 13.5. The Morgan fingerprint density at radius 1 is 1.17 bits per heavy atom. The second kappa shape index (κ2) is 9.08. The number of thiophene rings is 1. The molecule has 0 bridgehead atoms. The molecule has 0 spiro atoms. The number of carbonyl (C=O) groups is 2. The quantitative estimate of drug-likeness (QED) is 0.688. The molecule has 0 fully saturated rings. The van der Waals surface area contributed by atoms with Gasteiger partial charge in [-0.25, -0.2) is 4.39 Å². The van der Waals surface area contributed by atoms with Gasteiger partial charge in [0.15, 0.2) is 0 Å². The van der Waals surface area contributed by atoms with Crippen LogP contribution in [0.1, 0.15) is 56.2 Å². The summed E-state index contributed by atoms with van der Waals surface area (Å²) < 4.78 is 13.5. The van der Waals surface area contributed by atoms with Gasteiger partial charge in [0.1, 0.15) is 12.4 Å². The third-order valence-corrected chi connectivity index (χ3v) is 6.30. The molecule has 0 aliphatic carbocycles. The van der Waals surface area contributed by atoms with Gasteiger partial charge in [0.25, 0.3) is 0 Å². The van der Waals surface area contributed by atoms with Crippen molar-refractivity contribution in [2.24, 2.45) is 5.92 Å². The van der Waals surface area contributed by atoms with Gasteiger partial charge in [0.05, 0.1) is 6.04 Å². The van der Waals surface area contributed by atoms with E-state index in [1.54, 1.807) is 28.4 Å². The van der Waals surface area contributed by atoms with Crippen LogP contribution < -0.4 is 0 Å². The summed E-state index contributed by atoms with van der Waals surface area (Å²) in [6, 6.07) is 8.13. The topological polar surface area (TPSA) is 40.6 Å². The number of nitrogens with zero attached hydrogens (tertiary/aromatic N) is 2. The molecule has 1 aromatic heterocycles. The summed E-state index contributed by atoms with van der Waals surface area (Å²) in [6.45, 7) is 8.56. The van der Waals surface area contributed by atoms with Crippen LogP contribution in [-0.2, 0) is 16.0 Å². The minimum Gasteiger partial charge on any atom is -0.331 e. The van der Waals surface area contributed by atoms with E-state index in [4.69, 9.17) is 0 Å². The van der Waals surface area contributed by atoms with Crippen LogP contribution in [-0.4, -0.2) is 40.7 Å². The maximum absolute atomic E-state index is 13.5. The summed E-state index contributed by atoms with van der Waals surface area (Å²) in [5, 5.41) is 2.04. The van der Waals surface area contributed by atoms with Gasteiger partial charge < -0.3 is 9.80 Å². The van der Waals surface area contributed by atoms with Gasteiger partial charge in [-0.2, -0.15) is 0 Å². The molecule has 0 N–H and O–H groups in total. The summed E-state index contributed by atoms with van der Waals surface area (Å²) in [5.74, 6) is -0.107. The van der Waals surface area contributed by atoms with Crippen molar-refractivity contribution >= 4 is 23.2 Å². The van der Waals surface area contributed by atoms with Crippen LogP contribution in [0.3, 0.4) is 0 Å². The molecule has 1 atom stereocenters. The summed E-state index contributed by atoms with van der Waals surface area (Å²) in [6.07, 6.45) is 1.24. The van der Waals surface area contributed by atoms with Crippen molar-refractivity contribution < 1.29 is 14.0 Å². The first kappa shape index (κ1) is 21.5. The smallest absolute Gasteiger partial charge is 0.243 e. The first-order valence-electron chi connectivity index (χ1n) is 10.2. The van der Waals surface area contributed by atoms with Crippen LogP contribution in [0.5, 0.6) is 0 Å². The highest BCUT2D eigenvalue weighted by molar-refractivity contribution is 7.10. The monoisotopic (exact) mass is 416 g/mol. The van der Waals surface area contributed by atoms with E-state index in [1.807, 2.05) is 38.0 Å². The molecule has 6 heteroatoms. The maximum Gasteiger partial charge on any atom is 0.243 e. The number of amides is 2. The molecule has 2 amide bonds. The largest absolute Gasteiger partial charge is 0.331 e. The average Bonchev–Trinajstić information content (AvgIpc) is 3.13. The number of halogens is 1. The molecule has 2 heterocycles. The summed E-state index contributed by atoms with van der Waals surface area (Å²) >= 11 is 1.69. The van der Waals surface area contributed by atoms with Crippen molar-refractivity contribution in [2.75, 3.05) is 13.1 Å². The Labute approximate surface area is 176 Å². The van der Waals surface area contributed by atoms with Gasteiger partial charge in [-0.1, -0.05) is 26.0 Å². The molecule has 0 radical (unpaired) electrons. The standard InChI is InChI=1S/C23H29FN2O2S/c1-15(2)13-21(27)26(16(3)4)14-22(28)25-11-9-20-19(10-12-29-20)23(25)17-5-7-18(24)8-6-17/h5-8,10,12,15-16,23H,9,11,13-14H2,1-4H3/t23-/m1/s1. The van der Waals surface area contributed by atoms with Crippen LogP contribution in [0, 0.1) is 11.7 Å². The predicted molar refractivity (Wildman–Crippen MR) is 114 cm³/mol. The SMILES string of the molecule is CC(C)CC(=O)N(CC(=O)N1CCc2sccc2[C@H]1c1ccc(F)cc1)C(C)C. The molecule has 3 rings (SSSR count). The number of rotatable bonds is 6. The molecule has 0 unspecified atom stereocenters. The van der Waals surface area contributed by atoms with Gasteiger partial charge in [0, 0.05) is 23.9 Å². The minimum atomic E-state index is -0.293. The van der Waals surface area contributed by atoms with Crippen LogP contribution >= 0.6 is 11.3 Å². The van der Waals surface area contributed by atoms with E-state index in [1.165, 1.54) is 17.0 Å². The van der Waals surface area contributed by atoms with Gasteiger partial charge >= 0.3 is 0 Å². The Morgan fingerprint density at radius 3 is 2.48 bits per heavy atom. The molecule has 0 saturated carbocycles. The van der Waals surface area contributed by atoms with Crippen molar-refractivity contribution in [3.63, 3.8) is 0 Å². The highest BCUT2D eigenvalue weighted by Gasteiger charge is 2.34. The molecule has 1 aliphatic heterocycles. The first-order chi connectivity index (χ1) is 13.8. The molecule has 29 heavy (non-hydrogen) atoms. The molecule has 2 aromatic rings. The lowest BCUT2D eigenvalue weighted by Crippen LogP contribution is -2.48. The summed E-state index contributed by atoms with van der Waals surface area (Å²) in [7, 11) is 0. The summed E-state index contributed by atoms with van der Waals surface area (Å²) in [4.78, 5) is 30.8. The van der Waals surface area contributed by atoms with E-state index in [9.17, 15) is 14.0 Å². The number of carbonyl (C=O) groups excluding carboxylic acids is 2. The average molecular weight is 417 g/mol. The molecule has 1 aliphatic rings. The van der Waals surface area contributed by atoms with Gasteiger partial charge in [-0.05, 0) is 60.9 Å². The van der Waals surface area contributed by atoms with E-state index in [-0.39, 0.29) is 42.2 Å². The van der Waals surface area contributed by atoms with E-state index in [0.717, 1.165) is 17.5 Å². The lowest BCUT2D eigenvalue weighted by molar-refractivity contribution is -0.143. The Kier molecular flexibility index (Phi) is 6.73. The Morgan fingerprint density at radius 2 is 1.86 bits per heavy atom. The lowest BCUT2D eigenvalue weighted by atomic mass is 9.93. The number of hydrogen-bond donors (Lipinski definition) is 0.